The lowest BCUT2D eigenvalue weighted by Gasteiger charge is -2.33. The molecule has 1 aliphatic heterocycles. The van der Waals surface area contributed by atoms with Crippen LogP contribution in [0.1, 0.15) is 11.1 Å². The Kier molecular flexibility index (Phi) is 5.85. The normalized spacial score (nSPS) is 14.9. The van der Waals surface area contributed by atoms with Gasteiger partial charge in [0.25, 0.3) is 0 Å². The van der Waals surface area contributed by atoms with Gasteiger partial charge in [0.1, 0.15) is 0 Å². The van der Waals surface area contributed by atoms with E-state index in [4.69, 9.17) is 0 Å². The zero-order valence-corrected chi connectivity index (χ0v) is 15.8. The highest BCUT2D eigenvalue weighted by molar-refractivity contribution is 7.13. The van der Waals surface area contributed by atoms with E-state index in [1.807, 2.05) is 42.3 Å². The summed E-state index contributed by atoms with van der Waals surface area (Å²) < 4.78 is 0. The first-order valence-corrected chi connectivity index (χ1v) is 9.45. The third kappa shape index (κ3) is 4.59. The van der Waals surface area contributed by atoms with Crippen molar-refractivity contribution in [1.29, 1.82) is 0 Å². The van der Waals surface area contributed by atoms with Crippen LogP contribution in [0.4, 0.5) is 15.6 Å². The molecule has 1 aromatic carbocycles. The molecule has 0 radical (unpaired) electrons. The number of hydrogen-bond donors (Lipinski definition) is 2. The topological polar surface area (TPSA) is 77.6 Å². The van der Waals surface area contributed by atoms with E-state index in [-0.39, 0.29) is 12.5 Å². The molecule has 1 fully saturated rings. The van der Waals surface area contributed by atoms with Gasteiger partial charge in [0, 0.05) is 43.4 Å². The molecular weight excluding hydrogens is 350 g/mol. The first kappa shape index (κ1) is 18.3. The van der Waals surface area contributed by atoms with Crippen LogP contribution >= 0.6 is 11.3 Å². The zero-order chi connectivity index (χ0) is 18.5. The Balaban J connectivity index is 1.44. The summed E-state index contributed by atoms with van der Waals surface area (Å²) in [6.07, 6.45) is 1.80. The standard InChI is InChI=1S/C18H23N5O2S/c1-13-4-3-5-15(14(13)2)20-17(25)21-16(24)12-22-7-9-23(10-8-22)18-19-6-11-26-18/h3-6,11H,7-10,12H2,1-2H3,(H2,20,21,24,25). The Labute approximate surface area is 157 Å². The summed E-state index contributed by atoms with van der Waals surface area (Å²) in [5.74, 6) is -0.296. The minimum atomic E-state index is -0.495. The van der Waals surface area contributed by atoms with Crippen LogP contribution in [0, 0.1) is 13.8 Å². The van der Waals surface area contributed by atoms with Crippen molar-refractivity contribution in [3.05, 3.63) is 40.9 Å². The number of carbonyl (C=O) groups is 2. The number of aryl methyl sites for hydroxylation is 1. The number of amides is 3. The van der Waals surface area contributed by atoms with Crippen LogP contribution in [0.2, 0.25) is 0 Å². The van der Waals surface area contributed by atoms with E-state index < -0.39 is 6.03 Å². The van der Waals surface area contributed by atoms with E-state index in [1.54, 1.807) is 17.5 Å². The van der Waals surface area contributed by atoms with Crippen molar-refractivity contribution in [2.45, 2.75) is 13.8 Å². The predicted octanol–water partition coefficient (Wildman–Crippen LogP) is 2.23. The van der Waals surface area contributed by atoms with Crippen LogP contribution in [0.25, 0.3) is 0 Å². The Morgan fingerprint density at radius 2 is 1.96 bits per heavy atom. The number of anilines is 2. The van der Waals surface area contributed by atoms with Crippen LogP contribution in [-0.2, 0) is 4.79 Å². The molecule has 2 aromatic rings. The Hall–Kier alpha value is -2.45. The molecule has 138 valence electrons. The highest BCUT2D eigenvalue weighted by atomic mass is 32.1. The van der Waals surface area contributed by atoms with Gasteiger partial charge in [-0.25, -0.2) is 9.78 Å². The largest absolute Gasteiger partial charge is 0.346 e. The number of aromatic nitrogens is 1. The molecule has 0 bridgehead atoms. The Morgan fingerprint density at radius 3 is 2.65 bits per heavy atom. The van der Waals surface area contributed by atoms with Gasteiger partial charge in [-0.15, -0.1) is 11.3 Å². The lowest BCUT2D eigenvalue weighted by molar-refractivity contribution is -0.121. The van der Waals surface area contributed by atoms with Gasteiger partial charge in [-0.05, 0) is 31.0 Å². The minimum Gasteiger partial charge on any atom is -0.346 e. The lowest BCUT2D eigenvalue weighted by Crippen LogP contribution is -2.50. The second-order valence-corrected chi connectivity index (χ2v) is 7.20. The quantitative estimate of drug-likeness (QED) is 0.859. The van der Waals surface area contributed by atoms with Gasteiger partial charge in [-0.2, -0.15) is 0 Å². The molecular formula is C18H23N5O2S. The molecule has 0 unspecified atom stereocenters. The number of imide groups is 1. The number of thiazole rings is 1. The average Bonchev–Trinajstić information content (AvgIpc) is 3.14. The molecule has 0 saturated carbocycles. The van der Waals surface area contributed by atoms with Crippen molar-refractivity contribution in [3.8, 4) is 0 Å². The predicted molar refractivity (Wildman–Crippen MR) is 104 cm³/mol. The third-order valence-corrected chi connectivity index (χ3v) is 5.37. The second-order valence-electron chi connectivity index (χ2n) is 6.33. The summed E-state index contributed by atoms with van der Waals surface area (Å²) in [5.41, 5.74) is 2.80. The molecule has 2 heterocycles. The molecule has 0 spiro atoms. The van der Waals surface area contributed by atoms with Gasteiger partial charge in [0.05, 0.1) is 6.54 Å². The summed E-state index contributed by atoms with van der Waals surface area (Å²) in [6, 6.07) is 5.19. The second kappa shape index (κ2) is 8.29. The number of nitrogens with one attached hydrogen (secondary N) is 2. The van der Waals surface area contributed by atoms with Gasteiger partial charge in [0.2, 0.25) is 5.91 Å². The van der Waals surface area contributed by atoms with Gasteiger partial charge in [-0.1, -0.05) is 12.1 Å². The van der Waals surface area contributed by atoms with E-state index in [0.717, 1.165) is 42.4 Å². The van der Waals surface area contributed by atoms with Crippen molar-refractivity contribution in [2.24, 2.45) is 0 Å². The fourth-order valence-electron chi connectivity index (χ4n) is 2.88. The Bertz CT molecular complexity index is 770. The number of carbonyl (C=O) groups excluding carboxylic acids is 2. The van der Waals surface area contributed by atoms with Crippen LogP contribution in [0.3, 0.4) is 0 Å². The monoisotopic (exact) mass is 373 g/mol. The fraction of sp³-hybridized carbons (Fsp3) is 0.389. The van der Waals surface area contributed by atoms with Crippen molar-refractivity contribution in [2.75, 3.05) is 42.9 Å². The first-order valence-electron chi connectivity index (χ1n) is 8.57. The molecule has 26 heavy (non-hydrogen) atoms. The highest BCUT2D eigenvalue weighted by Gasteiger charge is 2.21. The van der Waals surface area contributed by atoms with Crippen molar-refractivity contribution in [3.63, 3.8) is 0 Å². The number of urea groups is 1. The van der Waals surface area contributed by atoms with Gasteiger partial charge in [-0.3, -0.25) is 15.0 Å². The molecule has 7 nitrogen and oxygen atoms in total. The number of rotatable bonds is 4. The van der Waals surface area contributed by atoms with Crippen LogP contribution in [0.5, 0.6) is 0 Å². The highest BCUT2D eigenvalue weighted by Crippen LogP contribution is 2.19. The summed E-state index contributed by atoms with van der Waals surface area (Å²) in [7, 11) is 0. The summed E-state index contributed by atoms with van der Waals surface area (Å²) in [6.45, 7) is 7.33. The molecule has 0 aliphatic carbocycles. The molecule has 1 saturated heterocycles. The third-order valence-electron chi connectivity index (χ3n) is 4.54. The molecule has 8 heteroatoms. The van der Waals surface area contributed by atoms with Crippen LogP contribution in [-0.4, -0.2) is 54.5 Å². The fourth-order valence-corrected chi connectivity index (χ4v) is 3.58. The minimum absolute atomic E-state index is 0.214. The molecule has 1 aromatic heterocycles. The lowest BCUT2D eigenvalue weighted by atomic mass is 10.1. The Morgan fingerprint density at radius 1 is 1.19 bits per heavy atom. The van der Waals surface area contributed by atoms with Crippen LogP contribution < -0.4 is 15.5 Å². The van der Waals surface area contributed by atoms with E-state index in [9.17, 15) is 9.59 Å². The number of nitrogens with zero attached hydrogens (tertiary/aromatic N) is 3. The summed E-state index contributed by atoms with van der Waals surface area (Å²) in [5, 5.41) is 8.12. The van der Waals surface area contributed by atoms with E-state index in [0.29, 0.717) is 5.69 Å². The van der Waals surface area contributed by atoms with Gasteiger partial charge in [0.15, 0.2) is 5.13 Å². The van der Waals surface area contributed by atoms with E-state index >= 15 is 0 Å². The average molecular weight is 373 g/mol. The maximum absolute atomic E-state index is 12.1. The molecule has 1 aliphatic rings. The SMILES string of the molecule is Cc1cccc(NC(=O)NC(=O)CN2CCN(c3nccs3)CC2)c1C. The van der Waals surface area contributed by atoms with Crippen LogP contribution in [0.15, 0.2) is 29.8 Å². The van der Waals surface area contributed by atoms with Crippen molar-refractivity contribution >= 4 is 34.1 Å². The number of benzene rings is 1. The smallest absolute Gasteiger partial charge is 0.325 e. The molecule has 3 rings (SSSR count). The number of hydrogen-bond acceptors (Lipinski definition) is 6. The summed E-state index contributed by atoms with van der Waals surface area (Å²) in [4.78, 5) is 32.8. The van der Waals surface area contributed by atoms with E-state index in [2.05, 4.69) is 20.5 Å². The van der Waals surface area contributed by atoms with Crippen molar-refractivity contribution < 1.29 is 9.59 Å². The molecule has 2 N–H and O–H groups in total. The van der Waals surface area contributed by atoms with Crippen molar-refractivity contribution in [1.82, 2.24) is 15.2 Å². The van der Waals surface area contributed by atoms with Gasteiger partial charge < -0.3 is 10.2 Å². The molecule has 0 atom stereocenters. The zero-order valence-electron chi connectivity index (χ0n) is 15.0. The van der Waals surface area contributed by atoms with Gasteiger partial charge >= 0.3 is 6.03 Å². The summed E-state index contributed by atoms with van der Waals surface area (Å²) >= 11 is 1.62. The number of piperazine rings is 1. The maximum Gasteiger partial charge on any atom is 0.325 e. The van der Waals surface area contributed by atoms with E-state index in [1.165, 1.54) is 0 Å². The first-order chi connectivity index (χ1) is 12.5. The molecule has 3 amide bonds. The maximum atomic E-state index is 12.1.